The third-order valence-corrected chi connectivity index (χ3v) is 4.75. The zero-order valence-corrected chi connectivity index (χ0v) is 14.5. The smallest absolute Gasteiger partial charge is 0.0444 e. The summed E-state index contributed by atoms with van der Waals surface area (Å²) in [6.45, 7) is 0.949. The summed E-state index contributed by atoms with van der Waals surface area (Å²) in [6.07, 6.45) is 10.3. The van der Waals surface area contributed by atoms with E-state index in [-0.39, 0.29) is 0 Å². The summed E-state index contributed by atoms with van der Waals surface area (Å²) >= 11 is 12.4. The van der Waals surface area contributed by atoms with Crippen LogP contribution in [0.2, 0.25) is 10.0 Å². The van der Waals surface area contributed by atoms with Gasteiger partial charge in [-0.1, -0.05) is 23.2 Å². The highest BCUT2D eigenvalue weighted by molar-refractivity contribution is 6.31. The van der Waals surface area contributed by atoms with E-state index in [1.807, 2.05) is 12.1 Å². The first-order valence-corrected chi connectivity index (χ1v) is 8.72. The monoisotopic (exact) mass is 343 g/mol. The molecule has 0 saturated heterocycles. The SMILES string of the molecule is C#CCCCCN1c2ccc(Cl)cc2CCc2cc(Cl)ccc21. The van der Waals surface area contributed by atoms with Gasteiger partial charge in [-0.05, 0) is 73.2 Å². The van der Waals surface area contributed by atoms with Gasteiger partial charge in [0.05, 0.1) is 0 Å². The molecule has 0 bridgehead atoms. The highest BCUT2D eigenvalue weighted by Gasteiger charge is 2.20. The van der Waals surface area contributed by atoms with Crippen LogP contribution in [0.1, 0.15) is 30.4 Å². The Balaban J connectivity index is 1.98. The van der Waals surface area contributed by atoms with Crippen molar-refractivity contribution in [1.82, 2.24) is 0 Å². The van der Waals surface area contributed by atoms with Gasteiger partial charge in [0.1, 0.15) is 0 Å². The maximum atomic E-state index is 6.20. The first kappa shape index (κ1) is 16.2. The quantitative estimate of drug-likeness (QED) is 0.483. The van der Waals surface area contributed by atoms with Crippen molar-refractivity contribution in [3.05, 3.63) is 57.6 Å². The molecule has 1 aliphatic rings. The lowest BCUT2D eigenvalue weighted by Gasteiger charge is -2.27. The number of hydrogen-bond acceptors (Lipinski definition) is 1. The van der Waals surface area contributed by atoms with Crippen LogP contribution in [0.4, 0.5) is 11.4 Å². The van der Waals surface area contributed by atoms with Gasteiger partial charge in [0, 0.05) is 34.4 Å². The first-order chi connectivity index (χ1) is 11.2. The van der Waals surface area contributed by atoms with Crippen molar-refractivity contribution in [2.75, 3.05) is 11.4 Å². The van der Waals surface area contributed by atoms with Crippen LogP contribution >= 0.6 is 23.2 Å². The van der Waals surface area contributed by atoms with E-state index < -0.39 is 0 Å². The molecular weight excluding hydrogens is 325 g/mol. The van der Waals surface area contributed by atoms with Crippen molar-refractivity contribution in [1.29, 1.82) is 0 Å². The highest BCUT2D eigenvalue weighted by Crippen LogP contribution is 2.38. The molecule has 0 spiro atoms. The lowest BCUT2D eigenvalue weighted by atomic mass is 10.0. The normalized spacial score (nSPS) is 13.0. The molecule has 0 amide bonds. The molecule has 0 fully saturated rings. The summed E-state index contributed by atoms with van der Waals surface area (Å²) in [5.74, 6) is 2.72. The molecule has 23 heavy (non-hydrogen) atoms. The minimum absolute atomic E-state index is 0.792. The molecule has 2 aromatic rings. The van der Waals surface area contributed by atoms with Gasteiger partial charge >= 0.3 is 0 Å². The van der Waals surface area contributed by atoms with E-state index in [9.17, 15) is 0 Å². The Morgan fingerprint density at radius 3 is 2.00 bits per heavy atom. The average Bonchev–Trinajstić information content (AvgIpc) is 2.68. The molecule has 0 N–H and O–H groups in total. The number of anilines is 2. The van der Waals surface area contributed by atoms with E-state index in [2.05, 4.69) is 35.1 Å². The summed E-state index contributed by atoms with van der Waals surface area (Å²) in [5, 5.41) is 1.58. The molecule has 0 atom stereocenters. The third kappa shape index (κ3) is 3.66. The van der Waals surface area contributed by atoms with Crippen LogP contribution in [0.5, 0.6) is 0 Å². The number of terminal acetylenes is 1. The van der Waals surface area contributed by atoms with Gasteiger partial charge < -0.3 is 4.90 Å². The second kappa shape index (κ2) is 7.30. The van der Waals surface area contributed by atoms with Crippen molar-refractivity contribution in [3.8, 4) is 12.3 Å². The Morgan fingerprint density at radius 1 is 0.913 bits per heavy atom. The van der Waals surface area contributed by atoms with Crippen molar-refractivity contribution < 1.29 is 0 Å². The van der Waals surface area contributed by atoms with E-state index in [1.54, 1.807) is 0 Å². The second-order valence-electron chi connectivity index (χ2n) is 5.86. The molecule has 2 aromatic carbocycles. The average molecular weight is 344 g/mol. The minimum atomic E-state index is 0.792. The maximum absolute atomic E-state index is 6.20. The van der Waals surface area contributed by atoms with Crippen LogP contribution in [0.3, 0.4) is 0 Å². The Kier molecular flexibility index (Phi) is 5.16. The highest BCUT2D eigenvalue weighted by atomic mass is 35.5. The molecule has 3 heteroatoms. The second-order valence-corrected chi connectivity index (χ2v) is 6.73. The molecule has 0 aromatic heterocycles. The van der Waals surface area contributed by atoms with Gasteiger partial charge in [-0.25, -0.2) is 0 Å². The van der Waals surface area contributed by atoms with Crippen LogP contribution < -0.4 is 4.90 Å². The van der Waals surface area contributed by atoms with Crippen LogP contribution in [0.15, 0.2) is 36.4 Å². The van der Waals surface area contributed by atoms with Gasteiger partial charge in [0.25, 0.3) is 0 Å². The molecular formula is C20H19Cl2N. The topological polar surface area (TPSA) is 3.24 Å². The van der Waals surface area contributed by atoms with E-state index in [4.69, 9.17) is 29.6 Å². The molecule has 0 radical (unpaired) electrons. The number of aryl methyl sites for hydroxylation is 2. The Hall–Kier alpha value is -1.62. The minimum Gasteiger partial charge on any atom is -0.341 e. The lowest BCUT2D eigenvalue weighted by molar-refractivity contribution is 0.751. The van der Waals surface area contributed by atoms with E-state index >= 15 is 0 Å². The fourth-order valence-electron chi connectivity index (χ4n) is 3.17. The van der Waals surface area contributed by atoms with Crippen LogP contribution in [-0.4, -0.2) is 6.54 Å². The number of hydrogen-bond donors (Lipinski definition) is 0. The summed E-state index contributed by atoms with van der Waals surface area (Å²) in [5.41, 5.74) is 5.08. The predicted octanol–water partition coefficient (Wildman–Crippen LogP) is 6.03. The summed E-state index contributed by atoms with van der Waals surface area (Å²) < 4.78 is 0. The molecule has 1 nitrogen and oxygen atoms in total. The lowest BCUT2D eigenvalue weighted by Crippen LogP contribution is -2.19. The molecule has 118 valence electrons. The Bertz CT molecular complexity index is 692. The number of unbranched alkanes of at least 4 members (excludes halogenated alkanes) is 2. The van der Waals surface area contributed by atoms with Crippen LogP contribution in [0, 0.1) is 12.3 Å². The molecule has 0 saturated carbocycles. The molecule has 1 heterocycles. The van der Waals surface area contributed by atoms with Gasteiger partial charge in [-0.15, -0.1) is 12.3 Å². The van der Waals surface area contributed by atoms with E-state index in [0.29, 0.717) is 0 Å². The molecule has 0 aliphatic carbocycles. The van der Waals surface area contributed by atoms with Gasteiger partial charge in [-0.3, -0.25) is 0 Å². The number of halogens is 2. The summed E-state index contributed by atoms with van der Waals surface area (Å²) in [4.78, 5) is 2.39. The summed E-state index contributed by atoms with van der Waals surface area (Å²) in [6, 6.07) is 12.4. The summed E-state index contributed by atoms with van der Waals surface area (Å²) in [7, 11) is 0. The maximum Gasteiger partial charge on any atom is 0.0444 e. The fraction of sp³-hybridized carbons (Fsp3) is 0.300. The van der Waals surface area contributed by atoms with Crippen LogP contribution in [-0.2, 0) is 12.8 Å². The number of fused-ring (bicyclic) bond motifs is 2. The van der Waals surface area contributed by atoms with Gasteiger partial charge in [0.2, 0.25) is 0 Å². The zero-order chi connectivity index (χ0) is 16.2. The molecule has 3 rings (SSSR count). The van der Waals surface area contributed by atoms with Gasteiger partial charge in [-0.2, -0.15) is 0 Å². The number of benzene rings is 2. The Labute approximate surface area is 148 Å². The standard InChI is InChI=1S/C20H19Cl2N/c1-2-3-4-5-12-23-19-10-8-17(21)13-15(19)6-7-16-14-18(22)9-11-20(16)23/h1,8-11,13-14H,3-7,12H2. The fourth-order valence-corrected chi connectivity index (χ4v) is 3.56. The van der Waals surface area contributed by atoms with Gasteiger partial charge in [0.15, 0.2) is 0 Å². The largest absolute Gasteiger partial charge is 0.341 e. The Morgan fingerprint density at radius 2 is 1.48 bits per heavy atom. The van der Waals surface area contributed by atoms with E-state index in [1.165, 1.54) is 22.5 Å². The van der Waals surface area contributed by atoms with Crippen molar-refractivity contribution in [3.63, 3.8) is 0 Å². The van der Waals surface area contributed by atoms with Crippen molar-refractivity contribution in [2.45, 2.75) is 32.1 Å². The molecule has 0 unspecified atom stereocenters. The number of nitrogens with zero attached hydrogens (tertiary/aromatic N) is 1. The predicted molar refractivity (Wildman–Crippen MR) is 100 cm³/mol. The van der Waals surface area contributed by atoms with Crippen LogP contribution in [0.25, 0.3) is 0 Å². The number of rotatable bonds is 4. The van der Waals surface area contributed by atoms with Crippen molar-refractivity contribution >= 4 is 34.6 Å². The molecule has 1 aliphatic heterocycles. The van der Waals surface area contributed by atoms with Crippen molar-refractivity contribution in [2.24, 2.45) is 0 Å². The first-order valence-electron chi connectivity index (χ1n) is 7.97. The van der Waals surface area contributed by atoms with E-state index in [0.717, 1.165) is 48.7 Å². The third-order valence-electron chi connectivity index (χ3n) is 4.28. The zero-order valence-electron chi connectivity index (χ0n) is 13.0.